The molecule has 1 saturated heterocycles. The van der Waals surface area contributed by atoms with Crippen molar-refractivity contribution in [1.82, 2.24) is 23.0 Å². The van der Waals surface area contributed by atoms with Gasteiger partial charge >= 0.3 is 5.69 Å². The average Bonchev–Trinajstić information content (AvgIpc) is 3.30. The number of hydrogen-bond donors (Lipinski definition) is 0. The molecule has 0 atom stereocenters. The quantitative estimate of drug-likeness (QED) is 0.407. The van der Waals surface area contributed by atoms with E-state index in [2.05, 4.69) is 4.98 Å². The van der Waals surface area contributed by atoms with Gasteiger partial charge in [-0.1, -0.05) is 17.7 Å². The predicted octanol–water partition coefficient (Wildman–Crippen LogP) is 3.64. The fourth-order valence-electron chi connectivity index (χ4n) is 4.88. The van der Waals surface area contributed by atoms with Gasteiger partial charge in [0.2, 0.25) is 10.0 Å². The Morgan fingerprint density at radius 3 is 2.37 bits per heavy atom. The van der Waals surface area contributed by atoms with Crippen LogP contribution in [0.1, 0.15) is 25.5 Å². The van der Waals surface area contributed by atoms with E-state index in [0.717, 1.165) is 22.2 Å². The number of fused-ring (bicyclic) bond motifs is 1. The monoisotopic (exact) mass is 497 g/mol. The molecular formula is C25H28FN5O3S. The van der Waals surface area contributed by atoms with Crippen molar-refractivity contribution < 1.29 is 12.8 Å². The highest BCUT2D eigenvalue weighted by Gasteiger charge is 2.36. The van der Waals surface area contributed by atoms with Crippen LogP contribution in [0.5, 0.6) is 0 Å². The Hall–Kier alpha value is -3.24. The van der Waals surface area contributed by atoms with Crippen molar-refractivity contribution in [2.24, 2.45) is 0 Å². The highest BCUT2D eigenvalue weighted by molar-refractivity contribution is 7.88. The minimum atomic E-state index is -3.29. The number of aryl methyl sites for hydroxylation is 3. The Balaban J connectivity index is 1.72. The summed E-state index contributed by atoms with van der Waals surface area (Å²) in [7, 11) is -3.29. The van der Waals surface area contributed by atoms with Crippen LogP contribution in [0.3, 0.4) is 0 Å². The molecule has 8 nitrogen and oxygen atoms in total. The van der Waals surface area contributed by atoms with Crippen LogP contribution in [0.4, 0.5) is 4.39 Å². The molecule has 0 radical (unpaired) electrons. The lowest BCUT2D eigenvalue weighted by Crippen LogP contribution is -2.50. The van der Waals surface area contributed by atoms with Crippen LogP contribution in [0, 0.1) is 12.7 Å². The summed E-state index contributed by atoms with van der Waals surface area (Å²) in [5.74, 6) is -0.378. The van der Waals surface area contributed by atoms with Crippen LogP contribution < -0.4 is 5.69 Å². The first-order valence-electron chi connectivity index (χ1n) is 11.7. The fourth-order valence-corrected chi connectivity index (χ4v) is 5.77. The normalized spacial score (nSPS) is 15.1. The van der Waals surface area contributed by atoms with E-state index in [4.69, 9.17) is 0 Å². The average molecular weight is 498 g/mol. The van der Waals surface area contributed by atoms with Crippen LogP contribution in [0.2, 0.25) is 0 Å². The molecule has 35 heavy (non-hydrogen) atoms. The van der Waals surface area contributed by atoms with Crippen LogP contribution in [0.15, 0.2) is 47.5 Å². The van der Waals surface area contributed by atoms with Crippen LogP contribution in [-0.4, -0.2) is 50.8 Å². The maximum absolute atomic E-state index is 15.0. The minimum Gasteiger partial charge on any atom is -0.324 e. The maximum atomic E-state index is 15.0. The zero-order chi connectivity index (χ0) is 25.1. The lowest BCUT2D eigenvalue weighted by atomic mass is 10.0. The number of aromatic nitrogens is 4. The third-order valence-electron chi connectivity index (χ3n) is 6.79. The van der Waals surface area contributed by atoms with Crippen LogP contribution in [0.25, 0.3) is 33.5 Å². The number of imidazole rings is 2. The summed E-state index contributed by atoms with van der Waals surface area (Å²) in [6.07, 6.45) is 2.85. The Labute approximate surface area is 203 Å². The van der Waals surface area contributed by atoms with Crippen molar-refractivity contribution in [1.29, 1.82) is 0 Å². The molecule has 1 aliphatic heterocycles. The number of sulfonamides is 1. The van der Waals surface area contributed by atoms with Crippen molar-refractivity contribution in [3.05, 3.63) is 64.6 Å². The molecule has 5 rings (SSSR count). The van der Waals surface area contributed by atoms with Crippen molar-refractivity contribution in [2.75, 3.05) is 19.3 Å². The second-order valence-electron chi connectivity index (χ2n) is 9.04. The largest absolute Gasteiger partial charge is 0.329 e. The topological polar surface area (TPSA) is 82.1 Å². The highest BCUT2D eigenvalue weighted by Crippen LogP contribution is 2.38. The molecule has 1 aliphatic rings. The van der Waals surface area contributed by atoms with Gasteiger partial charge in [0.1, 0.15) is 5.82 Å². The summed E-state index contributed by atoms with van der Waals surface area (Å²) >= 11 is 0. The van der Waals surface area contributed by atoms with Gasteiger partial charge < -0.3 is 4.57 Å². The molecule has 0 aliphatic carbocycles. The van der Waals surface area contributed by atoms with Crippen molar-refractivity contribution >= 4 is 21.1 Å². The summed E-state index contributed by atoms with van der Waals surface area (Å²) in [5.41, 5.74) is 4.84. The van der Waals surface area contributed by atoms with Gasteiger partial charge in [0.05, 0.1) is 41.0 Å². The Morgan fingerprint density at radius 1 is 1.03 bits per heavy atom. The maximum Gasteiger partial charge on any atom is 0.329 e. The van der Waals surface area contributed by atoms with E-state index in [-0.39, 0.29) is 17.5 Å². The van der Waals surface area contributed by atoms with Crippen molar-refractivity contribution in [3.8, 4) is 22.5 Å². The predicted molar refractivity (Wildman–Crippen MR) is 134 cm³/mol. The highest BCUT2D eigenvalue weighted by atomic mass is 32.2. The van der Waals surface area contributed by atoms with E-state index in [0.29, 0.717) is 43.1 Å². The van der Waals surface area contributed by atoms with Crippen LogP contribution >= 0.6 is 0 Å². The van der Waals surface area contributed by atoms with Gasteiger partial charge in [-0.25, -0.2) is 22.6 Å². The minimum absolute atomic E-state index is 0.0663. The molecule has 184 valence electrons. The van der Waals surface area contributed by atoms with Gasteiger partial charge in [-0.2, -0.15) is 4.31 Å². The molecule has 4 aromatic rings. The van der Waals surface area contributed by atoms with E-state index >= 15 is 0 Å². The van der Waals surface area contributed by atoms with Gasteiger partial charge in [-0.15, -0.1) is 0 Å². The Morgan fingerprint density at radius 2 is 1.71 bits per heavy atom. The smallest absolute Gasteiger partial charge is 0.324 e. The van der Waals surface area contributed by atoms with E-state index in [9.17, 15) is 17.6 Å². The SMILES string of the molecule is CCn1c(=O)n(CC)c2cc(-c3c(-c4cc(C)ccc4F)ncn3C3CN(S(C)(=O)=O)C3)ccc21. The summed E-state index contributed by atoms with van der Waals surface area (Å²) < 4.78 is 45.7. The molecule has 0 bridgehead atoms. The van der Waals surface area contributed by atoms with Gasteiger partial charge in [0, 0.05) is 37.3 Å². The molecule has 0 saturated carbocycles. The zero-order valence-corrected chi connectivity index (χ0v) is 21.0. The Bertz CT molecular complexity index is 1610. The molecule has 1 fully saturated rings. The molecule has 0 N–H and O–H groups in total. The number of benzene rings is 2. The third kappa shape index (κ3) is 3.81. The fraction of sp³-hybridized carbons (Fsp3) is 0.360. The zero-order valence-electron chi connectivity index (χ0n) is 20.2. The van der Waals surface area contributed by atoms with Gasteiger partial charge in [0.25, 0.3) is 0 Å². The van der Waals surface area contributed by atoms with Crippen molar-refractivity contribution in [3.63, 3.8) is 0 Å². The first kappa shape index (κ1) is 23.5. The molecule has 0 amide bonds. The molecule has 0 spiro atoms. The summed E-state index contributed by atoms with van der Waals surface area (Å²) in [4.78, 5) is 17.5. The number of halogens is 1. The van der Waals surface area contributed by atoms with E-state index in [1.807, 2.05) is 43.5 Å². The molecule has 3 heterocycles. The number of rotatable bonds is 6. The first-order valence-corrected chi connectivity index (χ1v) is 13.5. The summed E-state index contributed by atoms with van der Waals surface area (Å²) in [5, 5.41) is 0. The number of nitrogens with zero attached hydrogens (tertiary/aromatic N) is 5. The molecular weight excluding hydrogens is 469 g/mol. The van der Waals surface area contributed by atoms with E-state index in [1.165, 1.54) is 16.6 Å². The molecule has 2 aromatic carbocycles. The number of hydrogen-bond acceptors (Lipinski definition) is 4. The van der Waals surface area contributed by atoms with Crippen LogP contribution in [-0.2, 0) is 23.1 Å². The molecule has 10 heteroatoms. The summed E-state index contributed by atoms with van der Waals surface area (Å²) in [6, 6.07) is 10.6. The molecule has 0 unspecified atom stereocenters. The van der Waals surface area contributed by atoms with Crippen molar-refractivity contribution in [2.45, 2.75) is 39.9 Å². The lowest BCUT2D eigenvalue weighted by molar-refractivity contribution is 0.207. The standard InChI is InChI=1S/C25H28FN5O3S/c1-5-29-21-10-8-17(12-22(21)30(6-2)25(29)32)24-23(19-11-16(3)7-9-20(19)26)27-15-31(24)18-13-28(14-18)35(4,33)34/h7-12,15,18H,5-6,13-14H2,1-4H3. The van der Waals surface area contributed by atoms with E-state index in [1.54, 1.807) is 27.6 Å². The van der Waals surface area contributed by atoms with E-state index < -0.39 is 10.0 Å². The Kier molecular flexibility index (Phi) is 5.68. The summed E-state index contributed by atoms with van der Waals surface area (Å²) in [6.45, 7) is 7.50. The first-order chi connectivity index (χ1) is 16.6. The second-order valence-corrected chi connectivity index (χ2v) is 11.0. The lowest BCUT2D eigenvalue weighted by Gasteiger charge is -2.38. The third-order valence-corrected chi connectivity index (χ3v) is 8.02. The van der Waals surface area contributed by atoms with Gasteiger partial charge in [-0.3, -0.25) is 9.13 Å². The molecule has 2 aromatic heterocycles. The van der Waals surface area contributed by atoms with Gasteiger partial charge in [0.15, 0.2) is 0 Å². The second kappa shape index (κ2) is 8.46. The van der Waals surface area contributed by atoms with Gasteiger partial charge in [-0.05, 0) is 45.0 Å².